The Morgan fingerprint density at radius 2 is 2.38 bits per heavy atom. The van der Waals surface area contributed by atoms with E-state index in [0.29, 0.717) is 30.6 Å². The zero-order valence-electron chi connectivity index (χ0n) is 9.00. The first-order chi connectivity index (χ1) is 7.62. The highest BCUT2D eigenvalue weighted by atomic mass is 19.1. The molecule has 0 aromatic heterocycles. The Morgan fingerprint density at radius 1 is 1.62 bits per heavy atom. The molecule has 0 fully saturated rings. The van der Waals surface area contributed by atoms with Crippen molar-refractivity contribution in [1.82, 2.24) is 0 Å². The number of benzene rings is 1. The van der Waals surface area contributed by atoms with Crippen LogP contribution in [0.4, 0.5) is 4.39 Å². The maximum absolute atomic E-state index is 13.5. The molecule has 1 aliphatic rings. The molecule has 0 saturated carbocycles. The molecule has 2 rings (SSSR count). The van der Waals surface area contributed by atoms with Crippen LogP contribution in [0.2, 0.25) is 0 Å². The number of carboxylic acids is 1. The number of halogens is 1. The quantitative estimate of drug-likeness (QED) is 0.855. The highest BCUT2D eigenvalue weighted by molar-refractivity contribution is 5.81. The number of fused-ring (bicyclic) bond motifs is 1. The van der Waals surface area contributed by atoms with Crippen molar-refractivity contribution in [3.63, 3.8) is 0 Å². The Bertz CT molecular complexity index is 430. The summed E-state index contributed by atoms with van der Waals surface area (Å²) < 4.78 is 18.9. The molecule has 1 aliphatic carbocycles. The Kier molecular flexibility index (Phi) is 2.68. The third kappa shape index (κ3) is 1.41. The van der Waals surface area contributed by atoms with E-state index in [1.54, 1.807) is 13.0 Å². The van der Waals surface area contributed by atoms with Crippen LogP contribution >= 0.6 is 0 Å². The minimum Gasteiger partial charge on any atom is -0.479 e. The molecule has 0 bridgehead atoms. The molecule has 1 unspecified atom stereocenters. The van der Waals surface area contributed by atoms with Gasteiger partial charge in [0.1, 0.15) is 5.82 Å². The van der Waals surface area contributed by atoms with Crippen LogP contribution in [0.3, 0.4) is 0 Å². The first-order valence-electron chi connectivity index (χ1n) is 5.27. The molecular formula is C12H13FO3. The minimum atomic E-state index is -1.35. The Morgan fingerprint density at radius 3 is 3.00 bits per heavy atom. The fraction of sp³-hybridized carbons (Fsp3) is 0.417. The molecule has 1 aromatic carbocycles. The molecule has 4 heteroatoms. The summed E-state index contributed by atoms with van der Waals surface area (Å²) in [7, 11) is 0. The van der Waals surface area contributed by atoms with E-state index < -0.39 is 11.6 Å². The average Bonchev–Trinajstić information content (AvgIpc) is 2.61. The predicted molar refractivity (Wildman–Crippen MR) is 55.7 cm³/mol. The van der Waals surface area contributed by atoms with Gasteiger partial charge in [0.25, 0.3) is 0 Å². The molecular weight excluding hydrogens is 211 g/mol. The van der Waals surface area contributed by atoms with Crippen molar-refractivity contribution >= 4 is 5.97 Å². The van der Waals surface area contributed by atoms with E-state index in [0.717, 1.165) is 0 Å². The summed E-state index contributed by atoms with van der Waals surface area (Å²) in [5, 5.41) is 9.29. The lowest BCUT2D eigenvalue weighted by atomic mass is 9.96. The molecule has 1 N–H and O–H groups in total. The first kappa shape index (κ1) is 11.1. The fourth-order valence-electron chi connectivity index (χ4n) is 2.31. The monoisotopic (exact) mass is 224 g/mol. The smallest absolute Gasteiger partial charge is 0.340 e. The van der Waals surface area contributed by atoms with Crippen molar-refractivity contribution in [2.45, 2.75) is 25.4 Å². The number of hydrogen-bond acceptors (Lipinski definition) is 2. The lowest BCUT2D eigenvalue weighted by Gasteiger charge is -2.25. The van der Waals surface area contributed by atoms with E-state index in [4.69, 9.17) is 4.74 Å². The van der Waals surface area contributed by atoms with Crippen molar-refractivity contribution in [3.05, 3.63) is 35.1 Å². The van der Waals surface area contributed by atoms with Crippen LogP contribution in [0.25, 0.3) is 0 Å². The second-order valence-corrected chi connectivity index (χ2v) is 3.83. The highest BCUT2D eigenvalue weighted by Crippen LogP contribution is 2.41. The number of carbonyl (C=O) groups is 1. The van der Waals surface area contributed by atoms with Gasteiger partial charge in [-0.3, -0.25) is 0 Å². The van der Waals surface area contributed by atoms with Crippen LogP contribution in [-0.4, -0.2) is 17.7 Å². The van der Waals surface area contributed by atoms with Crippen LogP contribution in [0.15, 0.2) is 18.2 Å². The molecule has 0 radical (unpaired) electrons. The van der Waals surface area contributed by atoms with Gasteiger partial charge in [0.15, 0.2) is 5.60 Å². The SMILES string of the molecule is CCOC1(C(=O)O)CCc2c(F)cccc21. The van der Waals surface area contributed by atoms with Gasteiger partial charge < -0.3 is 9.84 Å². The van der Waals surface area contributed by atoms with Crippen LogP contribution in [0.1, 0.15) is 24.5 Å². The van der Waals surface area contributed by atoms with E-state index in [-0.39, 0.29) is 5.82 Å². The lowest BCUT2D eigenvalue weighted by Crippen LogP contribution is -2.36. The largest absolute Gasteiger partial charge is 0.479 e. The summed E-state index contributed by atoms with van der Waals surface area (Å²) in [5.41, 5.74) is -0.424. The minimum absolute atomic E-state index is 0.294. The van der Waals surface area contributed by atoms with Gasteiger partial charge in [0, 0.05) is 12.2 Å². The molecule has 0 amide bonds. The molecule has 0 aliphatic heterocycles. The number of aliphatic carboxylic acids is 1. The standard InChI is InChI=1S/C12H13FO3/c1-2-16-12(11(14)15)7-6-8-9(12)4-3-5-10(8)13/h3-5H,2,6-7H2,1H3,(H,14,15). The first-order valence-corrected chi connectivity index (χ1v) is 5.27. The van der Waals surface area contributed by atoms with Crippen molar-refractivity contribution in [1.29, 1.82) is 0 Å². The third-order valence-electron chi connectivity index (χ3n) is 3.02. The summed E-state index contributed by atoms with van der Waals surface area (Å²) in [4.78, 5) is 11.3. The van der Waals surface area contributed by atoms with Gasteiger partial charge in [-0.05, 0) is 31.4 Å². The summed E-state index contributed by atoms with van der Waals surface area (Å²) in [6, 6.07) is 4.51. The second-order valence-electron chi connectivity index (χ2n) is 3.83. The third-order valence-corrected chi connectivity index (χ3v) is 3.02. The summed E-state index contributed by atoms with van der Waals surface area (Å²) in [5.74, 6) is -1.39. The zero-order valence-corrected chi connectivity index (χ0v) is 9.00. The Hall–Kier alpha value is -1.42. The maximum Gasteiger partial charge on any atom is 0.340 e. The van der Waals surface area contributed by atoms with E-state index >= 15 is 0 Å². The summed E-state index contributed by atoms with van der Waals surface area (Å²) in [6.45, 7) is 2.03. The molecule has 0 heterocycles. The summed E-state index contributed by atoms with van der Waals surface area (Å²) in [6.07, 6.45) is 0.709. The Labute approximate surface area is 92.9 Å². The molecule has 3 nitrogen and oxygen atoms in total. The predicted octanol–water partition coefficient (Wildman–Crippen LogP) is 2.09. The molecule has 0 spiro atoms. The molecule has 0 saturated heterocycles. The van der Waals surface area contributed by atoms with E-state index in [1.165, 1.54) is 12.1 Å². The second kappa shape index (κ2) is 3.87. The average molecular weight is 224 g/mol. The van der Waals surface area contributed by atoms with Gasteiger partial charge >= 0.3 is 5.97 Å². The van der Waals surface area contributed by atoms with Crippen molar-refractivity contribution < 1.29 is 19.0 Å². The van der Waals surface area contributed by atoms with E-state index in [9.17, 15) is 14.3 Å². The maximum atomic E-state index is 13.5. The van der Waals surface area contributed by atoms with Gasteiger partial charge in [0.05, 0.1) is 0 Å². The van der Waals surface area contributed by atoms with Crippen LogP contribution in [0.5, 0.6) is 0 Å². The van der Waals surface area contributed by atoms with Gasteiger partial charge in [-0.2, -0.15) is 0 Å². The van der Waals surface area contributed by atoms with Crippen LogP contribution < -0.4 is 0 Å². The molecule has 86 valence electrons. The number of hydrogen-bond donors (Lipinski definition) is 1. The van der Waals surface area contributed by atoms with Crippen LogP contribution in [0, 0.1) is 5.82 Å². The van der Waals surface area contributed by atoms with E-state index in [2.05, 4.69) is 0 Å². The fourth-order valence-corrected chi connectivity index (χ4v) is 2.31. The number of carboxylic acid groups (broad SMARTS) is 1. The zero-order chi connectivity index (χ0) is 11.8. The van der Waals surface area contributed by atoms with Crippen molar-refractivity contribution in [2.75, 3.05) is 6.61 Å². The summed E-state index contributed by atoms with van der Waals surface area (Å²) >= 11 is 0. The number of ether oxygens (including phenoxy) is 1. The molecule has 16 heavy (non-hydrogen) atoms. The lowest BCUT2D eigenvalue weighted by molar-refractivity contribution is -0.167. The van der Waals surface area contributed by atoms with Crippen LogP contribution in [-0.2, 0) is 21.6 Å². The van der Waals surface area contributed by atoms with Gasteiger partial charge in [-0.25, -0.2) is 9.18 Å². The van der Waals surface area contributed by atoms with E-state index in [1.807, 2.05) is 0 Å². The van der Waals surface area contributed by atoms with Gasteiger partial charge in [-0.15, -0.1) is 0 Å². The van der Waals surface area contributed by atoms with Gasteiger partial charge in [-0.1, -0.05) is 12.1 Å². The topological polar surface area (TPSA) is 46.5 Å². The Balaban J connectivity index is 2.55. The van der Waals surface area contributed by atoms with Crippen molar-refractivity contribution in [3.8, 4) is 0 Å². The highest BCUT2D eigenvalue weighted by Gasteiger charge is 2.47. The van der Waals surface area contributed by atoms with Gasteiger partial charge in [0.2, 0.25) is 0 Å². The number of rotatable bonds is 3. The molecule has 1 aromatic rings. The molecule has 1 atom stereocenters. The normalized spacial score (nSPS) is 23.1. The van der Waals surface area contributed by atoms with Crippen molar-refractivity contribution in [2.24, 2.45) is 0 Å².